The Hall–Kier alpha value is -2.23. The molecule has 0 saturated heterocycles. The Morgan fingerprint density at radius 1 is 1.12 bits per heavy atom. The number of rotatable bonds is 3. The molecule has 17 heavy (non-hydrogen) atoms. The zero-order valence-corrected chi connectivity index (χ0v) is 9.81. The summed E-state index contributed by atoms with van der Waals surface area (Å²) in [5.74, 6) is 1.87. The Morgan fingerprint density at radius 3 is 2.35 bits per heavy atom. The zero-order chi connectivity index (χ0) is 12.3. The van der Waals surface area contributed by atoms with Gasteiger partial charge in [-0.25, -0.2) is 4.98 Å². The second kappa shape index (κ2) is 4.74. The summed E-state index contributed by atoms with van der Waals surface area (Å²) in [6.45, 7) is 1.93. The van der Waals surface area contributed by atoms with Gasteiger partial charge < -0.3 is 15.2 Å². The Bertz CT molecular complexity index is 509. The largest absolute Gasteiger partial charge is 0.497 e. The third-order valence-corrected chi connectivity index (χ3v) is 2.29. The third kappa shape index (κ3) is 2.66. The average molecular weight is 230 g/mol. The number of anilines is 1. The highest BCUT2D eigenvalue weighted by Crippen LogP contribution is 2.26. The van der Waals surface area contributed by atoms with Crippen molar-refractivity contribution < 1.29 is 9.47 Å². The molecule has 0 aliphatic rings. The van der Waals surface area contributed by atoms with E-state index in [1.54, 1.807) is 25.4 Å². The average Bonchev–Trinajstić information content (AvgIpc) is 2.34. The van der Waals surface area contributed by atoms with Crippen LogP contribution in [0.3, 0.4) is 0 Å². The molecular weight excluding hydrogens is 216 g/mol. The fourth-order valence-electron chi connectivity index (χ4n) is 1.42. The van der Waals surface area contributed by atoms with Gasteiger partial charge in [-0.2, -0.15) is 0 Å². The Kier molecular flexibility index (Phi) is 3.14. The van der Waals surface area contributed by atoms with Gasteiger partial charge in [0.25, 0.3) is 0 Å². The summed E-state index contributed by atoms with van der Waals surface area (Å²) >= 11 is 0. The molecule has 0 saturated carbocycles. The molecule has 0 spiro atoms. The zero-order valence-electron chi connectivity index (χ0n) is 9.81. The molecule has 1 aromatic carbocycles. The van der Waals surface area contributed by atoms with Crippen molar-refractivity contribution in [2.24, 2.45) is 0 Å². The summed E-state index contributed by atoms with van der Waals surface area (Å²) < 4.78 is 10.6. The van der Waals surface area contributed by atoms with E-state index >= 15 is 0 Å². The van der Waals surface area contributed by atoms with Gasteiger partial charge in [-0.3, -0.25) is 0 Å². The number of benzene rings is 1. The van der Waals surface area contributed by atoms with Crippen LogP contribution in [0.2, 0.25) is 0 Å². The van der Waals surface area contributed by atoms with E-state index in [1.807, 2.05) is 25.1 Å². The summed E-state index contributed by atoms with van der Waals surface area (Å²) in [5.41, 5.74) is 7.35. The standard InChI is InChI=1S/C13H14N2O2/c1-9-7-12(14)13(15-8-9)17-11-5-3-10(16-2)4-6-11/h3-8H,14H2,1-2H3. The maximum Gasteiger partial charge on any atom is 0.242 e. The first-order valence-electron chi connectivity index (χ1n) is 5.23. The summed E-state index contributed by atoms with van der Waals surface area (Å²) in [6, 6.07) is 9.07. The van der Waals surface area contributed by atoms with Crippen LogP contribution >= 0.6 is 0 Å². The fraction of sp³-hybridized carbons (Fsp3) is 0.154. The molecule has 0 unspecified atom stereocenters. The monoisotopic (exact) mass is 230 g/mol. The molecule has 0 radical (unpaired) electrons. The van der Waals surface area contributed by atoms with E-state index in [9.17, 15) is 0 Å². The van der Waals surface area contributed by atoms with E-state index in [0.29, 0.717) is 17.3 Å². The van der Waals surface area contributed by atoms with Crippen molar-refractivity contribution in [3.05, 3.63) is 42.1 Å². The normalized spacial score (nSPS) is 10.0. The maximum atomic E-state index is 5.81. The first kappa shape index (κ1) is 11.3. The molecule has 0 atom stereocenters. The quantitative estimate of drug-likeness (QED) is 0.880. The van der Waals surface area contributed by atoms with E-state index in [-0.39, 0.29) is 0 Å². The van der Waals surface area contributed by atoms with E-state index in [1.165, 1.54) is 0 Å². The van der Waals surface area contributed by atoms with Gasteiger partial charge in [-0.15, -0.1) is 0 Å². The highest BCUT2D eigenvalue weighted by Gasteiger charge is 2.04. The Balaban J connectivity index is 2.19. The SMILES string of the molecule is COc1ccc(Oc2ncc(C)cc2N)cc1. The number of ether oxygens (including phenoxy) is 2. The number of hydrogen-bond acceptors (Lipinski definition) is 4. The van der Waals surface area contributed by atoms with Crippen LogP contribution in [-0.4, -0.2) is 12.1 Å². The van der Waals surface area contributed by atoms with Crippen molar-refractivity contribution in [1.82, 2.24) is 4.98 Å². The topological polar surface area (TPSA) is 57.4 Å². The lowest BCUT2D eigenvalue weighted by atomic mass is 10.3. The van der Waals surface area contributed by atoms with E-state index in [0.717, 1.165) is 11.3 Å². The number of hydrogen-bond donors (Lipinski definition) is 1. The smallest absolute Gasteiger partial charge is 0.242 e. The predicted octanol–water partition coefficient (Wildman–Crippen LogP) is 2.77. The van der Waals surface area contributed by atoms with Crippen LogP contribution in [0.25, 0.3) is 0 Å². The number of nitrogen functional groups attached to an aromatic ring is 1. The van der Waals surface area contributed by atoms with Crippen LogP contribution in [0, 0.1) is 6.92 Å². The molecule has 0 amide bonds. The Morgan fingerprint density at radius 2 is 1.76 bits per heavy atom. The van der Waals surface area contributed by atoms with Gasteiger partial charge in [0, 0.05) is 6.20 Å². The van der Waals surface area contributed by atoms with Crippen molar-refractivity contribution in [1.29, 1.82) is 0 Å². The lowest BCUT2D eigenvalue weighted by Crippen LogP contribution is -1.95. The van der Waals surface area contributed by atoms with E-state index in [4.69, 9.17) is 15.2 Å². The van der Waals surface area contributed by atoms with Crippen LogP contribution < -0.4 is 15.2 Å². The molecule has 2 aromatic rings. The molecule has 0 bridgehead atoms. The minimum absolute atomic E-state index is 0.417. The fourth-order valence-corrected chi connectivity index (χ4v) is 1.42. The number of aromatic nitrogens is 1. The molecule has 0 aliphatic heterocycles. The van der Waals surface area contributed by atoms with E-state index < -0.39 is 0 Å². The van der Waals surface area contributed by atoms with Crippen molar-refractivity contribution in [2.45, 2.75) is 6.92 Å². The van der Waals surface area contributed by atoms with Gasteiger partial charge in [-0.1, -0.05) is 0 Å². The summed E-state index contributed by atoms with van der Waals surface area (Å²) in [4.78, 5) is 4.14. The van der Waals surface area contributed by atoms with Gasteiger partial charge in [0.05, 0.1) is 12.8 Å². The first-order valence-corrected chi connectivity index (χ1v) is 5.23. The molecular formula is C13H14N2O2. The van der Waals surface area contributed by atoms with Gasteiger partial charge in [0.2, 0.25) is 5.88 Å². The number of pyridine rings is 1. The van der Waals surface area contributed by atoms with Crippen LogP contribution in [0.4, 0.5) is 5.69 Å². The molecule has 2 rings (SSSR count). The molecule has 88 valence electrons. The van der Waals surface area contributed by atoms with Gasteiger partial charge in [0.15, 0.2) is 0 Å². The van der Waals surface area contributed by atoms with Crippen LogP contribution in [0.15, 0.2) is 36.5 Å². The molecule has 2 N–H and O–H groups in total. The molecule has 1 aromatic heterocycles. The summed E-state index contributed by atoms with van der Waals surface area (Å²) in [7, 11) is 1.62. The van der Waals surface area contributed by atoms with Crippen molar-refractivity contribution >= 4 is 5.69 Å². The summed E-state index contributed by atoms with van der Waals surface area (Å²) in [5, 5.41) is 0. The second-order valence-electron chi connectivity index (χ2n) is 3.68. The number of nitrogens with two attached hydrogens (primary N) is 1. The Labute approximate surface area is 100 Å². The second-order valence-corrected chi connectivity index (χ2v) is 3.68. The minimum atomic E-state index is 0.417. The molecule has 4 nitrogen and oxygen atoms in total. The molecule has 1 heterocycles. The van der Waals surface area contributed by atoms with Gasteiger partial charge >= 0.3 is 0 Å². The highest BCUT2D eigenvalue weighted by atomic mass is 16.5. The van der Waals surface area contributed by atoms with E-state index in [2.05, 4.69) is 4.98 Å². The van der Waals surface area contributed by atoms with Crippen molar-refractivity contribution in [3.8, 4) is 17.4 Å². The van der Waals surface area contributed by atoms with Crippen LogP contribution in [0.5, 0.6) is 17.4 Å². The molecule has 0 fully saturated rings. The predicted molar refractivity (Wildman–Crippen MR) is 66.5 cm³/mol. The molecule has 0 aliphatic carbocycles. The lowest BCUT2D eigenvalue weighted by Gasteiger charge is -2.08. The summed E-state index contributed by atoms with van der Waals surface area (Å²) in [6.07, 6.45) is 1.72. The third-order valence-electron chi connectivity index (χ3n) is 2.29. The molecule has 4 heteroatoms. The minimum Gasteiger partial charge on any atom is -0.497 e. The maximum absolute atomic E-state index is 5.81. The van der Waals surface area contributed by atoms with Crippen molar-refractivity contribution in [2.75, 3.05) is 12.8 Å². The van der Waals surface area contributed by atoms with Gasteiger partial charge in [0.1, 0.15) is 11.5 Å². The number of methoxy groups -OCH3 is 1. The van der Waals surface area contributed by atoms with Gasteiger partial charge in [-0.05, 0) is 42.8 Å². The first-order chi connectivity index (χ1) is 8.19. The highest BCUT2D eigenvalue weighted by molar-refractivity contribution is 5.51. The lowest BCUT2D eigenvalue weighted by molar-refractivity contribution is 0.412. The number of nitrogens with zero attached hydrogens (tertiary/aromatic N) is 1. The number of aryl methyl sites for hydroxylation is 1. The van der Waals surface area contributed by atoms with Crippen LogP contribution in [0.1, 0.15) is 5.56 Å². The van der Waals surface area contributed by atoms with Crippen molar-refractivity contribution in [3.63, 3.8) is 0 Å². The van der Waals surface area contributed by atoms with Crippen LogP contribution in [-0.2, 0) is 0 Å².